The number of hydrogen-bond acceptors (Lipinski definition) is 3. The normalized spacial score (nSPS) is 12.3. The van der Waals surface area contributed by atoms with Crippen LogP contribution in [-0.2, 0) is 0 Å². The van der Waals surface area contributed by atoms with Crippen molar-refractivity contribution >= 4 is 5.69 Å². The highest BCUT2D eigenvalue weighted by Crippen LogP contribution is 2.29. The number of methoxy groups -OCH3 is 1. The Morgan fingerprint density at radius 2 is 1.94 bits per heavy atom. The van der Waals surface area contributed by atoms with E-state index in [-0.39, 0.29) is 0 Å². The maximum absolute atomic E-state index is 5.65. The van der Waals surface area contributed by atoms with Crippen molar-refractivity contribution < 1.29 is 4.74 Å². The number of nitrogens with two attached hydrogens (primary N) is 1. The van der Waals surface area contributed by atoms with Gasteiger partial charge in [-0.3, -0.25) is 0 Å². The molecule has 18 heavy (non-hydrogen) atoms. The molecule has 0 aromatic heterocycles. The Balaban J connectivity index is 2.80. The largest absolute Gasteiger partial charge is 0.496 e. The lowest BCUT2D eigenvalue weighted by atomic mass is 10.0. The number of benzene rings is 1. The van der Waals surface area contributed by atoms with Gasteiger partial charge in [0.25, 0.3) is 0 Å². The predicted molar refractivity (Wildman–Crippen MR) is 78.6 cm³/mol. The first-order valence-corrected chi connectivity index (χ1v) is 6.56. The Morgan fingerprint density at radius 1 is 1.28 bits per heavy atom. The summed E-state index contributed by atoms with van der Waals surface area (Å²) >= 11 is 0. The van der Waals surface area contributed by atoms with E-state index in [1.165, 1.54) is 16.8 Å². The van der Waals surface area contributed by atoms with Crippen molar-refractivity contribution in [1.29, 1.82) is 0 Å². The highest BCUT2D eigenvalue weighted by molar-refractivity contribution is 5.59. The van der Waals surface area contributed by atoms with E-state index in [4.69, 9.17) is 10.5 Å². The van der Waals surface area contributed by atoms with Crippen LogP contribution in [-0.4, -0.2) is 27.2 Å². The molecule has 0 saturated heterocycles. The fourth-order valence-corrected chi connectivity index (χ4v) is 2.07. The first kappa shape index (κ1) is 14.8. The SMILES string of the molecule is COc1ccc(N(C)CCC(C)CN)c(C)c1C. The monoisotopic (exact) mass is 250 g/mol. The van der Waals surface area contributed by atoms with Gasteiger partial charge in [-0.2, -0.15) is 0 Å². The van der Waals surface area contributed by atoms with E-state index in [9.17, 15) is 0 Å². The topological polar surface area (TPSA) is 38.5 Å². The van der Waals surface area contributed by atoms with Gasteiger partial charge in [-0.25, -0.2) is 0 Å². The van der Waals surface area contributed by atoms with Gasteiger partial charge < -0.3 is 15.4 Å². The first-order valence-electron chi connectivity index (χ1n) is 6.56. The van der Waals surface area contributed by atoms with Gasteiger partial charge >= 0.3 is 0 Å². The molecule has 102 valence electrons. The maximum Gasteiger partial charge on any atom is 0.122 e. The van der Waals surface area contributed by atoms with Gasteiger partial charge in [0, 0.05) is 19.3 Å². The zero-order chi connectivity index (χ0) is 13.7. The molecule has 1 aromatic rings. The minimum Gasteiger partial charge on any atom is -0.496 e. The second kappa shape index (κ2) is 6.64. The van der Waals surface area contributed by atoms with Gasteiger partial charge in [0.15, 0.2) is 0 Å². The third-order valence-corrected chi connectivity index (χ3v) is 3.70. The average Bonchev–Trinajstić information content (AvgIpc) is 2.38. The van der Waals surface area contributed by atoms with Crippen molar-refractivity contribution in [3.05, 3.63) is 23.3 Å². The Morgan fingerprint density at radius 3 is 2.50 bits per heavy atom. The lowest BCUT2D eigenvalue weighted by Crippen LogP contribution is -2.23. The van der Waals surface area contributed by atoms with Crippen molar-refractivity contribution in [2.75, 3.05) is 32.1 Å². The standard InChI is InChI=1S/C15H26N2O/c1-11(10-16)8-9-17(4)14-6-7-15(18-5)13(3)12(14)2/h6-7,11H,8-10,16H2,1-5H3. The highest BCUT2D eigenvalue weighted by atomic mass is 16.5. The highest BCUT2D eigenvalue weighted by Gasteiger charge is 2.10. The van der Waals surface area contributed by atoms with E-state index in [2.05, 4.69) is 38.8 Å². The van der Waals surface area contributed by atoms with Gasteiger partial charge in [-0.1, -0.05) is 6.92 Å². The molecule has 3 nitrogen and oxygen atoms in total. The molecule has 0 fully saturated rings. The van der Waals surface area contributed by atoms with Gasteiger partial charge in [-0.15, -0.1) is 0 Å². The van der Waals surface area contributed by atoms with E-state index in [0.717, 1.165) is 25.3 Å². The van der Waals surface area contributed by atoms with Crippen LogP contribution in [0, 0.1) is 19.8 Å². The summed E-state index contributed by atoms with van der Waals surface area (Å²) in [5.74, 6) is 1.53. The molecule has 3 heteroatoms. The van der Waals surface area contributed by atoms with Gasteiger partial charge in [0.05, 0.1) is 7.11 Å². The zero-order valence-corrected chi connectivity index (χ0v) is 12.3. The van der Waals surface area contributed by atoms with Crippen LogP contribution in [0.2, 0.25) is 0 Å². The molecule has 0 amide bonds. The van der Waals surface area contributed by atoms with Crippen molar-refractivity contribution in [3.8, 4) is 5.75 Å². The fraction of sp³-hybridized carbons (Fsp3) is 0.600. The van der Waals surface area contributed by atoms with E-state index in [1.54, 1.807) is 7.11 Å². The van der Waals surface area contributed by atoms with E-state index in [1.807, 2.05) is 6.07 Å². The molecule has 0 radical (unpaired) electrons. The Kier molecular flexibility index (Phi) is 5.48. The molecule has 0 aliphatic carbocycles. The molecule has 1 rings (SSSR count). The molecule has 1 unspecified atom stereocenters. The third kappa shape index (κ3) is 3.39. The Labute approximate surface area is 111 Å². The summed E-state index contributed by atoms with van der Waals surface area (Å²) in [6.07, 6.45) is 1.12. The molecular weight excluding hydrogens is 224 g/mol. The summed E-state index contributed by atoms with van der Waals surface area (Å²) in [7, 11) is 3.85. The van der Waals surface area contributed by atoms with Crippen LogP contribution in [0.3, 0.4) is 0 Å². The lowest BCUT2D eigenvalue weighted by Gasteiger charge is -2.24. The van der Waals surface area contributed by atoms with Crippen LogP contribution in [0.5, 0.6) is 5.75 Å². The van der Waals surface area contributed by atoms with Gasteiger partial charge in [-0.05, 0) is 56.0 Å². The van der Waals surface area contributed by atoms with Crippen LogP contribution < -0.4 is 15.4 Å². The summed E-state index contributed by atoms with van der Waals surface area (Å²) in [4.78, 5) is 2.30. The van der Waals surface area contributed by atoms with Gasteiger partial charge in [0.1, 0.15) is 5.75 Å². The van der Waals surface area contributed by atoms with E-state index >= 15 is 0 Å². The molecule has 0 aliphatic heterocycles. The smallest absolute Gasteiger partial charge is 0.122 e. The quantitative estimate of drug-likeness (QED) is 0.843. The van der Waals surface area contributed by atoms with E-state index in [0.29, 0.717) is 5.92 Å². The molecule has 0 aliphatic rings. The second-order valence-electron chi connectivity index (χ2n) is 5.09. The van der Waals surface area contributed by atoms with Crippen molar-refractivity contribution in [2.45, 2.75) is 27.2 Å². The summed E-state index contributed by atoms with van der Waals surface area (Å²) in [5.41, 5.74) is 9.43. The summed E-state index contributed by atoms with van der Waals surface area (Å²) in [6.45, 7) is 8.24. The van der Waals surface area contributed by atoms with Crippen LogP contribution in [0.1, 0.15) is 24.5 Å². The average molecular weight is 250 g/mol. The number of rotatable bonds is 6. The van der Waals surface area contributed by atoms with Crippen LogP contribution in [0.15, 0.2) is 12.1 Å². The molecule has 0 spiro atoms. The first-order chi connectivity index (χ1) is 8.51. The van der Waals surface area contributed by atoms with E-state index < -0.39 is 0 Å². The molecule has 1 aromatic carbocycles. The van der Waals surface area contributed by atoms with Crippen LogP contribution in [0.4, 0.5) is 5.69 Å². The van der Waals surface area contributed by atoms with Crippen LogP contribution in [0.25, 0.3) is 0 Å². The van der Waals surface area contributed by atoms with Crippen molar-refractivity contribution in [2.24, 2.45) is 11.7 Å². The molecule has 2 N–H and O–H groups in total. The Bertz CT molecular complexity index is 390. The van der Waals surface area contributed by atoms with Gasteiger partial charge in [0.2, 0.25) is 0 Å². The third-order valence-electron chi connectivity index (χ3n) is 3.70. The molecule has 0 bridgehead atoms. The minimum absolute atomic E-state index is 0.576. The molecule has 1 atom stereocenters. The molecular formula is C15H26N2O. The summed E-state index contributed by atoms with van der Waals surface area (Å²) in [6, 6.07) is 4.18. The second-order valence-corrected chi connectivity index (χ2v) is 5.09. The fourth-order valence-electron chi connectivity index (χ4n) is 2.07. The number of ether oxygens (including phenoxy) is 1. The number of hydrogen-bond donors (Lipinski definition) is 1. The predicted octanol–water partition coefficient (Wildman–Crippen LogP) is 2.73. The minimum atomic E-state index is 0.576. The number of anilines is 1. The summed E-state index contributed by atoms with van der Waals surface area (Å²) in [5, 5.41) is 0. The van der Waals surface area contributed by atoms with Crippen molar-refractivity contribution in [1.82, 2.24) is 0 Å². The number of nitrogens with zero attached hydrogens (tertiary/aromatic N) is 1. The lowest BCUT2D eigenvalue weighted by molar-refractivity contribution is 0.411. The zero-order valence-electron chi connectivity index (χ0n) is 12.3. The molecule has 0 heterocycles. The summed E-state index contributed by atoms with van der Waals surface area (Å²) < 4.78 is 5.34. The maximum atomic E-state index is 5.65. The van der Waals surface area contributed by atoms with Crippen LogP contribution >= 0.6 is 0 Å². The van der Waals surface area contributed by atoms with Crippen molar-refractivity contribution in [3.63, 3.8) is 0 Å². The Hall–Kier alpha value is -1.22. The molecule has 0 saturated carbocycles.